The zero-order chi connectivity index (χ0) is 27.8. The summed E-state index contributed by atoms with van der Waals surface area (Å²) in [4.78, 5) is 73.0. The molecule has 1 spiro atoms. The highest BCUT2D eigenvalue weighted by atomic mass is 16.2. The molecule has 5 nitrogen and oxygen atoms in total. The molecule has 0 saturated heterocycles. The topological polar surface area (TPSA) is 85.3 Å². The molecule has 4 aromatic rings. The normalized spacial score (nSPS) is 22.4. The molecule has 0 amide bonds. The number of fused-ring (bicyclic) bond motifs is 12. The van der Waals surface area contributed by atoms with Crippen molar-refractivity contribution in [1.82, 2.24) is 0 Å². The molecule has 5 aliphatic carbocycles. The van der Waals surface area contributed by atoms with E-state index in [9.17, 15) is 24.0 Å². The van der Waals surface area contributed by atoms with E-state index >= 15 is 0 Å². The molecule has 41 heavy (non-hydrogen) atoms. The minimum atomic E-state index is -1.95. The summed E-state index contributed by atoms with van der Waals surface area (Å²) in [6.07, 6.45) is 0. The maximum absolute atomic E-state index is 14.9. The van der Waals surface area contributed by atoms with Crippen LogP contribution in [0.4, 0.5) is 0 Å². The van der Waals surface area contributed by atoms with Gasteiger partial charge in [0.05, 0.1) is 5.92 Å². The second-order valence-electron chi connectivity index (χ2n) is 11.2. The number of carbonyl (C=O) groups is 5. The zero-order valence-electron chi connectivity index (χ0n) is 21.4. The predicted octanol–water partition coefficient (Wildman–Crippen LogP) is 5.96. The van der Waals surface area contributed by atoms with Crippen LogP contribution >= 0.6 is 0 Å². The summed E-state index contributed by atoms with van der Waals surface area (Å²) < 4.78 is 0. The van der Waals surface area contributed by atoms with Crippen LogP contribution < -0.4 is 0 Å². The number of Topliss-reactive ketones (excluding diaryl/α,β-unsaturated/α-hetero) is 5. The summed E-state index contributed by atoms with van der Waals surface area (Å²) in [5.41, 5.74) is 2.72. The van der Waals surface area contributed by atoms with Crippen molar-refractivity contribution in [1.29, 1.82) is 0 Å². The molecule has 0 radical (unpaired) electrons. The van der Waals surface area contributed by atoms with Crippen LogP contribution in [0.5, 0.6) is 0 Å². The van der Waals surface area contributed by atoms with Gasteiger partial charge in [-0.05, 0) is 22.3 Å². The third kappa shape index (κ3) is 2.31. The van der Waals surface area contributed by atoms with Gasteiger partial charge in [0.1, 0.15) is 5.41 Å². The lowest BCUT2D eigenvalue weighted by molar-refractivity contribution is 0.0558. The predicted molar refractivity (Wildman–Crippen MR) is 150 cm³/mol. The number of rotatable bonds is 0. The molecule has 0 fully saturated rings. The molecule has 4 aromatic carbocycles. The summed E-state index contributed by atoms with van der Waals surface area (Å²) in [7, 11) is 0. The SMILES string of the molecule is O=C1C2=C3c4ccccc4C(=O)C3C3(C(=O)c4ccccc4C3=O)C3C(=C2c2ccccc21)C(=O)c1ccccc13. The third-order valence-corrected chi connectivity index (χ3v) is 9.62. The van der Waals surface area contributed by atoms with Gasteiger partial charge in [0.25, 0.3) is 0 Å². The molecule has 2 atom stereocenters. The fraction of sp³-hybridized carbons (Fsp3) is 0.0833. The molecular formula is C36H18O5. The summed E-state index contributed by atoms with van der Waals surface area (Å²) >= 11 is 0. The Morgan fingerprint density at radius 1 is 0.415 bits per heavy atom. The minimum absolute atomic E-state index is 0.241. The summed E-state index contributed by atoms with van der Waals surface area (Å²) in [6, 6.07) is 27.7. The van der Waals surface area contributed by atoms with Gasteiger partial charge in [0.2, 0.25) is 0 Å². The van der Waals surface area contributed by atoms with Crippen molar-refractivity contribution in [3.8, 4) is 0 Å². The van der Waals surface area contributed by atoms with Crippen LogP contribution in [-0.4, -0.2) is 28.9 Å². The number of allylic oxidation sites excluding steroid dienone is 4. The average molecular weight is 531 g/mol. The number of benzene rings is 4. The highest BCUT2D eigenvalue weighted by molar-refractivity contribution is 6.42. The Morgan fingerprint density at radius 2 is 0.927 bits per heavy atom. The van der Waals surface area contributed by atoms with Crippen molar-refractivity contribution in [2.75, 3.05) is 0 Å². The quantitative estimate of drug-likeness (QED) is 0.262. The average Bonchev–Trinajstić information content (AvgIpc) is 3.61. The molecule has 2 unspecified atom stereocenters. The van der Waals surface area contributed by atoms with E-state index in [1.807, 2.05) is 6.07 Å². The van der Waals surface area contributed by atoms with Crippen molar-refractivity contribution < 1.29 is 24.0 Å². The van der Waals surface area contributed by atoms with Gasteiger partial charge in [0.15, 0.2) is 28.9 Å². The van der Waals surface area contributed by atoms with E-state index in [1.54, 1.807) is 91.0 Å². The Morgan fingerprint density at radius 3 is 1.59 bits per heavy atom. The first kappa shape index (κ1) is 22.5. The van der Waals surface area contributed by atoms with Gasteiger partial charge >= 0.3 is 0 Å². The van der Waals surface area contributed by atoms with Crippen LogP contribution in [0.15, 0.2) is 108 Å². The van der Waals surface area contributed by atoms with Gasteiger partial charge in [-0.1, -0.05) is 97.1 Å². The Labute approximate surface area is 233 Å². The molecule has 0 N–H and O–H groups in total. The fourth-order valence-electron chi connectivity index (χ4n) is 8.14. The number of carbonyl (C=O) groups excluding carboxylic acids is 5. The summed E-state index contributed by atoms with van der Waals surface area (Å²) in [6.45, 7) is 0. The lowest BCUT2D eigenvalue weighted by atomic mass is 9.58. The standard InChI is InChI=1S/C36H18O5/c37-31-20-12-4-1-9-17(20)25-27(31)26-18-10-2-5-13-21(18)33(39)30(26)36(34(40)23-15-7-8-16-24(23)35(36)41)29-19-11-3-6-14-22(19)32(38)28(25)29/h1-16,29-30H. The van der Waals surface area contributed by atoms with Crippen LogP contribution in [0, 0.1) is 11.3 Å². The van der Waals surface area contributed by atoms with Crippen LogP contribution in [0.3, 0.4) is 0 Å². The molecule has 0 saturated carbocycles. The number of hydrogen-bond donors (Lipinski definition) is 0. The van der Waals surface area contributed by atoms with Crippen LogP contribution in [0.1, 0.15) is 74.4 Å². The Hall–Kier alpha value is -5.29. The Kier molecular flexibility index (Phi) is 3.99. The van der Waals surface area contributed by atoms with E-state index in [0.29, 0.717) is 44.5 Å². The van der Waals surface area contributed by atoms with Crippen molar-refractivity contribution in [3.63, 3.8) is 0 Å². The molecule has 9 rings (SSSR count). The summed E-state index contributed by atoms with van der Waals surface area (Å²) in [5, 5.41) is 0. The van der Waals surface area contributed by atoms with Gasteiger partial charge in [-0.2, -0.15) is 0 Å². The van der Waals surface area contributed by atoms with E-state index in [2.05, 4.69) is 0 Å². The van der Waals surface area contributed by atoms with Gasteiger partial charge < -0.3 is 0 Å². The minimum Gasteiger partial charge on any atom is -0.293 e. The van der Waals surface area contributed by atoms with Crippen molar-refractivity contribution in [2.24, 2.45) is 11.3 Å². The molecule has 5 aliphatic rings. The second-order valence-corrected chi connectivity index (χ2v) is 11.2. The van der Waals surface area contributed by atoms with E-state index in [-0.39, 0.29) is 39.6 Å². The largest absolute Gasteiger partial charge is 0.293 e. The lowest BCUT2D eigenvalue weighted by Crippen LogP contribution is -2.48. The zero-order valence-corrected chi connectivity index (χ0v) is 21.4. The highest BCUT2D eigenvalue weighted by Crippen LogP contribution is 2.67. The maximum atomic E-state index is 14.9. The fourth-order valence-corrected chi connectivity index (χ4v) is 8.14. The first-order valence-corrected chi connectivity index (χ1v) is 13.6. The van der Waals surface area contributed by atoms with Crippen LogP contribution in [-0.2, 0) is 0 Å². The molecular weight excluding hydrogens is 512 g/mol. The van der Waals surface area contributed by atoms with E-state index in [1.165, 1.54) is 0 Å². The van der Waals surface area contributed by atoms with Crippen LogP contribution in [0.2, 0.25) is 0 Å². The Bertz CT molecular complexity index is 2070. The van der Waals surface area contributed by atoms with E-state index < -0.39 is 28.8 Å². The van der Waals surface area contributed by atoms with Crippen molar-refractivity contribution >= 4 is 40.1 Å². The van der Waals surface area contributed by atoms with Gasteiger partial charge in [-0.3, -0.25) is 24.0 Å². The molecule has 0 aliphatic heterocycles. The smallest absolute Gasteiger partial charge is 0.194 e. The van der Waals surface area contributed by atoms with E-state index in [4.69, 9.17) is 0 Å². The third-order valence-electron chi connectivity index (χ3n) is 9.62. The molecule has 0 heterocycles. The highest BCUT2D eigenvalue weighted by Gasteiger charge is 2.71. The van der Waals surface area contributed by atoms with E-state index in [0.717, 1.165) is 0 Å². The lowest BCUT2D eigenvalue weighted by Gasteiger charge is -2.37. The van der Waals surface area contributed by atoms with Gasteiger partial charge in [-0.15, -0.1) is 0 Å². The number of ketones is 5. The van der Waals surface area contributed by atoms with Gasteiger partial charge in [-0.25, -0.2) is 0 Å². The van der Waals surface area contributed by atoms with Crippen molar-refractivity contribution in [3.05, 3.63) is 153 Å². The molecule has 5 heteroatoms. The monoisotopic (exact) mass is 530 g/mol. The first-order chi connectivity index (χ1) is 20.0. The second kappa shape index (κ2) is 7.26. The van der Waals surface area contributed by atoms with Gasteiger partial charge in [0, 0.05) is 50.5 Å². The molecule has 192 valence electrons. The first-order valence-electron chi connectivity index (χ1n) is 13.6. The van der Waals surface area contributed by atoms with Crippen LogP contribution in [0.25, 0.3) is 11.1 Å². The van der Waals surface area contributed by atoms with Crippen molar-refractivity contribution in [2.45, 2.75) is 5.92 Å². The molecule has 0 aromatic heterocycles. The maximum Gasteiger partial charge on any atom is 0.194 e. The number of hydrogen-bond acceptors (Lipinski definition) is 5. The Balaban J connectivity index is 1.54. The molecule has 0 bridgehead atoms. The summed E-state index contributed by atoms with van der Waals surface area (Å²) in [5.74, 6) is -4.26.